The van der Waals surface area contributed by atoms with Crippen LogP contribution in [0.25, 0.3) is 0 Å². The Morgan fingerprint density at radius 1 is 1.33 bits per heavy atom. The monoisotopic (exact) mass is 295 g/mol. The maximum atomic E-state index is 12.4. The number of nitrogens with two attached hydrogens (primary N) is 1. The van der Waals surface area contributed by atoms with Gasteiger partial charge in [0.2, 0.25) is 5.91 Å². The summed E-state index contributed by atoms with van der Waals surface area (Å²) in [5.74, 6) is 0.506. The van der Waals surface area contributed by atoms with E-state index < -0.39 is 0 Å². The first-order valence-electron chi connectivity index (χ1n) is 6.51. The van der Waals surface area contributed by atoms with Crippen LogP contribution in [0.2, 0.25) is 0 Å². The van der Waals surface area contributed by atoms with Gasteiger partial charge in [0.1, 0.15) is 0 Å². The molecule has 0 aromatic heterocycles. The summed E-state index contributed by atoms with van der Waals surface area (Å²) in [7, 11) is 0. The molecule has 5 heteroatoms. The number of nitrogen functional groups attached to an aromatic ring is 1. The average molecular weight is 295 g/mol. The lowest BCUT2D eigenvalue weighted by Gasteiger charge is -2.13. The highest BCUT2D eigenvalue weighted by molar-refractivity contribution is 7.99. The predicted molar refractivity (Wildman–Crippen MR) is 84.1 cm³/mol. The van der Waals surface area contributed by atoms with Crippen LogP contribution in [0.15, 0.2) is 47.4 Å². The Kier molecular flexibility index (Phi) is 3.55. The highest BCUT2D eigenvalue weighted by atomic mass is 32.2. The molecule has 0 aliphatic carbocycles. The Morgan fingerprint density at radius 2 is 2.14 bits per heavy atom. The largest absolute Gasteiger partial charge is 0.397 e. The zero-order valence-corrected chi connectivity index (χ0v) is 12.0. The summed E-state index contributed by atoms with van der Waals surface area (Å²) >= 11 is 1.69. The molecule has 104 valence electrons. The number of fused-ring (bicyclic) bond motifs is 1. The van der Waals surface area contributed by atoms with Gasteiger partial charge in [-0.2, -0.15) is 5.26 Å². The molecule has 3 N–H and O–H groups in total. The van der Waals surface area contributed by atoms with E-state index in [2.05, 4.69) is 5.32 Å². The molecule has 1 aliphatic rings. The minimum absolute atomic E-state index is 0.0659. The minimum atomic E-state index is -0.166. The number of nitriles is 1. The fourth-order valence-corrected chi connectivity index (χ4v) is 3.57. The summed E-state index contributed by atoms with van der Waals surface area (Å²) in [6, 6.07) is 14.8. The lowest BCUT2D eigenvalue weighted by Crippen LogP contribution is -2.21. The molecule has 0 radical (unpaired) electrons. The van der Waals surface area contributed by atoms with Crippen LogP contribution < -0.4 is 11.1 Å². The third-order valence-corrected chi connectivity index (χ3v) is 4.64. The van der Waals surface area contributed by atoms with E-state index in [1.54, 1.807) is 30.0 Å². The molecule has 4 nitrogen and oxygen atoms in total. The molecule has 1 aliphatic heterocycles. The van der Waals surface area contributed by atoms with E-state index in [9.17, 15) is 4.79 Å². The molecule has 3 rings (SSSR count). The Bertz CT molecular complexity index is 751. The Balaban J connectivity index is 1.81. The van der Waals surface area contributed by atoms with Crippen LogP contribution in [0, 0.1) is 11.3 Å². The Morgan fingerprint density at radius 3 is 2.90 bits per heavy atom. The molecule has 0 fully saturated rings. The number of nitrogens with one attached hydrogen (secondary N) is 1. The lowest BCUT2D eigenvalue weighted by atomic mass is 10.0. The topological polar surface area (TPSA) is 78.9 Å². The average Bonchev–Trinajstić information content (AvgIpc) is 2.93. The number of hydrogen-bond acceptors (Lipinski definition) is 4. The minimum Gasteiger partial charge on any atom is -0.397 e. The van der Waals surface area contributed by atoms with Gasteiger partial charge in [-0.25, -0.2) is 0 Å². The van der Waals surface area contributed by atoms with Crippen molar-refractivity contribution in [2.75, 3.05) is 16.8 Å². The second-order valence-corrected chi connectivity index (χ2v) is 5.87. The van der Waals surface area contributed by atoms with Gasteiger partial charge in [0.05, 0.1) is 28.9 Å². The van der Waals surface area contributed by atoms with Crippen LogP contribution in [0.3, 0.4) is 0 Å². The molecule has 1 unspecified atom stereocenters. The van der Waals surface area contributed by atoms with Crippen LogP contribution in [0.4, 0.5) is 11.4 Å². The van der Waals surface area contributed by atoms with Crippen molar-refractivity contribution in [3.8, 4) is 6.07 Å². The van der Waals surface area contributed by atoms with E-state index in [0.29, 0.717) is 16.9 Å². The smallest absolute Gasteiger partial charge is 0.232 e. The number of benzene rings is 2. The van der Waals surface area contributed by atoms with Gasteiger partial charge in [0, 0.05) is 10.6 Å². The van der Waals surface area contributed by atoms with Gasteiger partial charge in [-0.1, -0.05) is 18.2 Å². The molecule has 2 aromatic carbocycles. The van der Waals surface area contributed by atoms with Crippen LogP contribution in [-0.4, -0.2) is 11.7 Å². The molecule has 2 aromatic rings. The highest BCUT2D eigenvalue weighted by Crippen LogP contribution is 2.40. The zero-order chi connectivity index (χ0) is 14.8. The fraction of sp³-hybridized carbons (Fsp3) is 0.125. The van der Waals surface area contributed by atoms with E-state index in [1.807, 2.05) is 30.3 Å². The van der Waals surface area contributed by atoms with Crippen LogP contribution in [-0.2, 0) is 4.79 Å². The van der Waals surface area contributed by atoms with Crippen molar-refractivity contribution in [3.63, 3.8) is 0 Å². The summed E-state index contributed by atoms with van der Waals surface area (Å²) in [5.41, 5.74) is 8.36. The number of thioether (sulfide) groups is 1. The first kappa shape index (κ1) is 13.5. The van der Waals surface area contributed by atoms with Crippen molar-refractivity contribution in [3.05, 3.63) is 53.6 Å². The number of hydrogen-bond donors (Lipinski definition) is 2. The van der Waals surface area contributed by atoms with E-state index >= 15 is 0 Å². The molecule has 0 saturated heterocycles. The van der Waals surface area contributed by atoms with Crippen LogP contribution in [0.1, 0.15) is 17.0 Å². The molecule has 1 heterocycles. The predicted octanol–water partition coefficient (Wildman–Crippen LogP) is 2.97. The Labute approximate surface area is 127 Å². The van der Waals surface area contributed by atoms with Crippen molar-refractivity contribution in [2.24, 2.45) is 0 Å². The molecule has 1 amide bonds. The zero-order valence-electron chi connectivity index (χ0n) is 11.2. The third kappa shape index (κ3) is 2.58. The highest BCUT2D eigenvalue weighted by Gasteiger charge is 2.29. The van der Waals surface area contributed by atoms with Crippen LogP contribution in [0.5, 0.6) is 0 Å². The van der Waals surface area contributed by atoms with Gasteiger partial charge < -0.3 is 11.1 Å². The summed E-state index contributed by atoms with van der Waals surface area (Å²) in [6.45, 7) is 0. The molecule has 1 atom stereocenters. The lowest BCUT2D eigenvalue weighted by molar-refractivity contribution is -0.117. The second-order valence-electron chi connectivity index (χ2n) is 4.80. The van der Waals surface area contributed by atoms with Crippen molar-refractivity contribution < 1.29 is 4.79 Å². The van der Waals surface area contributed by atoms with E-state index in [4.69, 9.17) is 11.0 Å². The van der Waals surface area contributed by atoms with Gasteiger partial charge in [0.15, 0.2) is 0 Å². The second kappa shape index (κ2) is 5.51. The number of rotatable bonds is 2. The first-order valence-corrected chi connectivity index (χ1v) is 7.50. The molecular weight excluding hydrogens is 282 g/mol. The summed E-state index contributed by atoms with van der Waals surface area (Å²) in [6.07, 6.45) is 0. The number of nitrogens with zero attached hydrogens (tertiary/aromatic N) is 1. The van der Waals surface area contributed by atoms with Crippen molar-refractivity contribution in [1.82, 2.24) is 0 Å². The molecule has 21 heavy (non-hydrogen) atoms. The SMILES string of the molecule is N#Cc1ccc(NC(=O)C2CSc3ccccc32)c(N)c1. The first-order chi connectivity index (χ1) is 10.2. The normalized spacial score (nSPS) is 16.0. The third-order valence-electron chi connectivity index (χ3n) is 3.45. The summed E-state index contributed by atoms with van der Waals surface area (Å²) < 4.78 is 0. The van der Waals surface area contributed by atoms with E-state index in [0.717, 1.165) is 16.2 Å². The molecule has 0 bridgehead atoms. The number of carbonyl (C=O) groups is 1. The standard InChI is InChI=1S/C16H13N3OS/c17-8-10-5-6-14(13(18)7-10)19-16(20)12-9-21-15-4-2-1-3-11(12)15/h1-7,12H,9,18H2,(H,19,20). The number of carbonyl (C=O) groups excluding carboxylic acids is 1. The number of amides is 1. The maximum absolute atomic E-state index is 12.4. The van der Waals surface area contributed by atoms with Crippen molar-refractivity contribution >= 4 is 29.0 Å². The van der Waals surface area contributed by atoms with Gasteiger partial charge in [-0.15, -0.1) is 11.8 Å². The quantitative estimate of drug-likeness (QED) is 0.835. The molecule has 0 spiro atoms. The Hall–Kier alpha value is -2.45. The number of anilines is 2. The fourth-order valence-electron chi connectivity index (χ4n) is 2.35. The summed E-state index contributed by atoms with van der Waals surface area (Å²) in [5, 5.41) is 11.7. The van der Waals surface area contributed by atoms with E-state index in [1.165, 1.54) is 0 Å². The molecule has 0 saturated carbocycles. The van der Waals surface area contributed by atoms with E-state index in [-0.39, 0.29) is 11.8 Å². The van der Waals surface area contributed by atoms with Crippen molar-refractivity contribution in [2.45, 2.75) is 10.8 Å². The van der Waals surface area contributed by atoms with Gasteiger partial charge in [0.25, 0.3) is 0 Å². The molecular formula is C16H13N3OS. The maximum Gasteiger partial charge on any atom is 0.232 e. The van der Waals surface area contributed by atoms with Gasteiger partial charge in [-0.3, -0.25) is 4.79 Å². The van der Waals surface area contributed by atoms with Crippen molar-refractivity contribution in [1.29, 1.82) is 5.26 Å². The van der Waals surface area contributed by atoms with Gasteiger partial charge in [-0.05, 0) is 29.8 Å². The van der Waals surface area contributed by atoms with Crippen LogP contribution >= 0.6 is 11.8 Å². The van der Waals surface area contributed by atoms with Gasteiger partial charge >= 0.3 is 0 Å². The summed E-state index contributed by atoms with van der Waals surface area (Å²) in [4.78, 5) is 13.6.